The first kappa shape index (κ1) is 30.5. The highest BCUT2D eigenvalue weighted by molar-refractivity contribution is 9.10. The number of nitrogens with zero attached hydrogens (tertiary/aromatic N) is 2. The van der Waals surface area contributed by atoms with Crippen LogP contribution in [0.25, 0.3) is 6.08 Å². The van der Waals surface area contributed by atoms with Gasteiger partial charge in [0.05, 0.1) is 28.0 Å². The van der Waals surface area contributed by atoms with Crippen molar-refractivity contribution in [1.29, 1.82) is 0 Å². The molecule has 3 aromatic carbocycles. The van der Waals surface area contributed by atoms with Gasteiger partial charge in [-0.2, -0.15) is 0 Å². The molecule has 0 aliphatic carbocycles. The molecule has 3 aromatic rings. The molecule has 10 nitrogen and oxygen atoms in total. The molecule has 0 spiro atoms. The summed E-state index contributed by atoms with van der Waals surface area (Å²) in [6, 6.07) is 16.4. The fraction of sp³-hybridized carbons (Fsp3) is 0.167. The van der Waals surface area contributed by atoms with Crippen LogP contribution >= 0.6 is 27.7 Å². The summed E-state index contributed by atoms with van der Waals surface area (Å²) in [5.41, 5.74) is 2.03. The van der Waals surface area contributed by atoms with E-state index < -0.39 is 16.8 Å². The smallest absolute Gasteiger partial charge is 0.344 e. The van der Waals surface area contributed by atoms with Crippen LogP contribution in [-0.2, 0) is 16.1 Å². The van der Waals surface area contributed by atoms with E-state index in [2.05, 4.69) is 20.9 Å². The van der Waals surface area contributed by atoms with Crippen molar-refractivity contribution in [2.45, 2.75) is 20.5 Å². The van der Waals surface area contributed by atoms with Crippen LogP contribution in [-0.4, -0.2) is 40.7 Å². The van der Waals surface area contributed by atoms with E-state index in [-0.39, 0.29) is 40.2 Å². The van der Waals surface area contributed by atoms with Crippen molar-refractivity contribution in [3.05, 3.63) is 114 Å². The van der Waals surface area contributed by atoms with Gasteiger partial charge in [0, 0.05) is 17.7 Å². The van der Waals surface area contributed by atoms with E-state index >= 15 is 0 Å². The molecule has 1 amide bonds. The van der Waals surface area contributed by atoms with Gasteiger partial charge in [-0.25, -0.2) is 9.79 Å². The lowest BCUT2D eigenvalue weighted by molar-refractivity contribution is -0.384. The topological polar surface area (TPSA) is 138 Å². The van der Waals surface area contributed by atoms with Gasteiger partial charge in [-0.05, 0) is 70.7 Å². The Labute approximate surface area is 254 Å². The maximum absolute atomic E-state index is 13.0. The summed E-state index contributed by atoms with van der Waals surface area (Å²) in [6.07, 6.45) is 1.61. The van der Waals surface area contributed by atoms with Gasteiger partial charge in [0.25, 0.3) is 11.6 Å². The van der Waals surface area contributed by atoms with Crippen molar-refractivity contribution >= 4 is 56.4 Å². The number of hydrogen-bond donors (Lipinski definition) is 1. The number of methoxy groups -OCH3 is 1. The van der Waals surface area contributed by atoms with Gasteiger partial charge in [0.2, 0.25) is 0 Å². The van der Waals surface area contributed by atoms with Crippen LogP contribution in [0.3, 0.4) is 0 Å². The van der Waals surface area contributed by atoms with Crippen LogP contribution in [0.2, 0.25) is 0 Å². The van der Waals surface area contributed by atoms with E-state index in [0.717, 1.165) is 17.3 Å². The Morgan fingerprint density at radius 1 is 1.14 bits per heavy atom. The van der Waals surface area contributed by atoms with E-state index in [9.17, 15) is 24.8 Å². The third-order valence-electron chi connectivity index (χ3n) is 6.00. The standard InChI is InChI=1S/C30H25BrN2O8S/c1-4-40-30(36)25-26(34)24(42-29(25)32-28(35)21-11-6-5-8-17(21)2)15-19-13-22(31)27(23(14-19)39-3)41-16-18-9-7-10-20(12-18)33(37)38/h5-15,34H,4,16H2,1-3H3/b24-15-,32-29?. The zero-order valence-electron chi connectivity index (χ0n) is 22.8. The van der Waals surface area contributed by atoms with E-state index in [0.29, 0.717) is 32.7 Å². The molecule has 0 radical (unpaired) electrons. The van der Waals surface area contributed by atoms with Crippen LogP contribution in [0.15, 0.2) is 86.4 Å². The molecule has 0 bridgehead atoms. The Morgan fingerprint density at radius 2 is 1.90 bits per heavy atom. The second-order valence-corrected chi connectivity index (χ2v) is 10.7. The summed E-state index contributed by atoms with van der Waals surface area (Å²) in [6.45, 7) is 3.53. The molecular weight excluding hydrogens is 628 g/mol. The Hall–Kier alpha value is -4.42. The predicted molar refractivity (Wildman–Crippen MR) is 163 cm³/mol. The van der Waals surface area contributed by atoms with E-state index in [1.807, 2.05) is 0 Å². The zero-order chi connectivity index (χ0) is 30.4. The summed E-state index contributed by atoms with van der Waals surface area (Å²) < 4.78 is 17.1. The number of non-ortho nitro benzene ring substituents is 1. The minimum atomic E-state index is -0.800. The average Bonchev–Trinajstić information content (AvgIpc) is 3.26. The molecule has 4 rings (SSSR count). The number of hydrogen-bond acceptors (Lipinski definition) is 9. The third-order valence-corrected chi connectivity index (χ3v) is 7.61. The summed E-state index contributed by atoms with van der Waals surface area (Å²) in [7, 11) is 1.46. The molecule has 0 saturated carbocycles. The highest BCUT2D eigenvalue weighted by Gasteiger charge is 2.34. The number of nitro benzene ring substituents is 1. The normalized spacial score (nSPS) is 14.8. The van der Waals surface area contributed by atoms with Crippen molar-refractivity contribution in [1.82, 2.24) is 0 Å². The van der Waals surface area contributed by atoms with E-state index in [4.69, 9.17) is 14.2 Å². The fourth-order valence-electron chi connectivity index (χ4n) is 3.99. The van der Waals surface area contributed by atoms with Gasteiger partial charge in [-0.3, -0.25) is 14.9 Å². The Kier molecular flexibility index (Phi) is 9.81. The number of nitro groups is 1. The lowest BCUT2D eigenvalue weighted by Crippen LogP contribution is -2.14. The molecule has 1 aliphatic heterocycles. The molecule has 0 atom stereocenters. The van der Waals surface area contributed by atoms with Crippen molar-refractivity contribution in [2.24, 2.45) is 4.99 Å². The molecule has 0 saturated heterocycles. The summed E-state index contributed by atoms with van der Waals surface area (Å²) in [5.74, 6) is -1.01. The van der Waals surface area contributed by atoms with Crippen LogP contribution in [0.5, 0.6) is 11.5 Å². The van der Waals surface area contributed by atoms with Gasteiger partial charge in [-0.15, -0.1) is 0 Å². The van der Waals surface area contributed by atoms with Gasteiger partial charge >= 0.3 is 5.97 Å². The van der Waals surface area contributed by atoms with Crippen molar-refractivity contribution in [2.75, 3.05) is 13.7 Å². The number of aliphatic imine (C=N–C) groups is 1. The lowest BCUT2D eigenvalue weighted by Gasteiger charge is -2.14. The van der Waals surface area contributed by atoms with Gasteiger partial charge in [0.15, 0.2) is 11.5 Å². The highest BCUT2D eigenvalue weighted by atomic mass is 79.9. The number of aliphatic hydroxyl groups is 1. The number of ether oxygens (including phenoxy) is 3. The molecule has 216 valence electrons. The Balaban J connectivity index is 1.65. The summed E-state index contributed by atoms with van der Waals surface area (Å²) in [4.78, 5) is 40.7. The number of aliphatic hydroxyl groups excluding tert-OH is 1. The molecule has 42 heavy (non-hydrogen) atoms. The molecule has 1 N–H and O–H groups in total. The largest absolute Gasteiger partial charge is 0.506 e. The number of benzene rings is 3. The lowest BCUT2D eigenvalue weighted by atomic mass is 10.1. The maximum Gasteiger partial charge on any atom is 0.344 e. The van der Waals surface area contributed by atoms with E-state index in [1.165, 1.54) is 19.2 Å². The SMILES string of the molecule is CCOC(=O)C1=C(O)/C(=C/c2cc(Br)c(OCc3cccc([N+](=O)[O-])c3)c(OC)c2)SC1=NC(=O)c1ccccc1C. The Morgan fingerprint density at radius 3 is 2.60 bits per heavy atom. The van der Waals surface area contributed by atoms with Crippen LogP contribution in [0, 0.1) is 17.0 Å². The first-order chi connectivity index (χ1) is 20.1. The summed E-state index contributed by atoms with van der Waals surface area (Å²) in [5, 5.41) is 22.1. The summed E-state index contributed by atoms with van der Waals surface area (Å²) >= 11 is 4.44. The van der Waals surface area contributed by atoms with E-state index in [1.54, 1.807) is 68.5 Å². The van der Waals surface area contributed by atoms with Gasteiger partial charge < -0.3 is 19.3 Å². The molecule has 0 fully saturated rings. The molecule has 0 unspecified atom stereocenters. The van der Waals surface area contributed by atoms with Crippen LogP contribution < -0.4 is 9.47 Å². The number of carbonyl (C=O) groups is 2. The first-order valence-corrected chi connectivity index (χ1v) is 14.2. The fourth-order valence-corrected chi connectivity index (χ4v) is 5.57. The molecule has 12 heteroatoms. The zero-order valence-corrected chi connectivity index (χ0v) is 25.2. The van der Waals surface area contributed by atoms with Crippen molar-refractivity contribution < 1.29 is 33.8 Å². The predicted octanol–water partition coefficient (Wildman–Crippen LogP) is 6.96. The monoisotopic (exact) mass is 652 g/mol. The van der Waals surface area contributed by atoms with Gasteiger partial charge in [0.1, 0.15) is 23.0 Å². The third kappa shape index (κ3) is 6.89. The molecular formula is C30H25BrN2O8S. The van der Waals surface area contributed by atoms with Crippen molar-refractivity contribution in [3.63, 3.8) is 0 Å². The van der Waals surface area contributed by atoms with Crippen LogP contribution in [0.4, 0.5) is 5.69 Å². The second-order valence-electron chi connectivity index (χ2n) is 8.84. The minimum Gasteiger partial charge on any atom is -0.506 e. The second kappa shape index (κ2) is 13.5. The van der Waals surface area contributed by atoms with Gasteiger partial charge in [-0.1, -0.05) is 42.1 Å². The quantitative estimate of drug-likeness (QED) is 0.148. The number of halogens is 1. The first-order valence-electron chi connectivity index (χ1n) is 12.6. The molecule has 0 aromatic heterocycles. The number of carbonyl (C=O) groups excluding carboxylic acids is 2. The van der Waals surface area contributed by atoms with Crippen LogP contribution in [0.1, 0.15) is 34.0 Å². The number of esters is 1. The maximum atomic E-state index is 13.0. The number of thioether (sulfide) groups is 1. The highest BCUT2D eigenvalue weighted by Crippen LogP contribution is 2.42. The average molecular weight is 654 g/mol. The number of rotatable bonds is 9. The molecule has 1 heterocycles. The Bertz CT molecular complexity index is 1660. The van der Waals surface area contributed by atoms with Crippen molar-refractivity contribution in [3.8, 4) is 11.5 Å². The number of aryl methyl sites for hydroxylation is 1. The molecule has 1 aliphatic rings. The minimum absolute atomic E-state index is 0.0217. The number of amides is 1.